The van der Waals surface area contributed by atoms with Crippen LogP contribution in [0, 0.1) is 5.92 Å². The highest BCUT2D eigenvalue weighted by atomic mass is 32.1. The SMILES string of the molecule is CN1CCN(C(=O)CC2CCN(c3ncc(C(F)(F)F)s3)CC2)CC1. The first-order chi connectivity index (χ1) is 11.8. The van der Waals surface area contributed by atoms with Gasteiger partial charge in [-0.05, 0) is 25.8 Å². The molecule has 140 valence electrons. The number of aromatic nitrogens is 1. The molecular weight excluding hydrogens is 353 g/mol. The van der Waals surface area contributed by atoms with E-state index < -0.39 is 11.1 Å². The van der Waals surface area contributed by atoms with Gasteiger partial charge in [-0.3, -0.25) is 4.79 Å². The van der Waals surface area contributed by atoms with Gasteiger partial charge in [0.05, 0.1) is 6.20 Å². The lowest BCUT2D eigenvalue weighted by Gasteiger charge is -2.35. The Labute approximate surface area is 149 Å². The smallest absolute Gasteiger partial charge is 0.348 e. The number of likely N-dealkylation sites (N-methyl/N-ethyl adjacent to an activating group) is 1. The number of piperazine rings is 1. The highest BCUT2D eigenvalue weighted by molar-refractivity contribution is 7.15. The van der Waals surface area contributed by atoms with Crippen molar-refractivity contribution in [2.75, 3.05) is 51.2 Å². The molecule has 5 nitrogen and oxygen atoms in total. The zero-order chi connectivity index (χ0) is 18.0. The van der Waals surface area contributed by atoms with Crippen LogP contribution in [-0.2, 0) is 11.0 Å². The van der Waals surface area contributed by atoms with E-state index in [9.17, 15) is 18.0 Å². The molecule has 1 amide bonds. The summed E-state index contributed by atoms with van der Waals surface area (Å²) in [5.74, 6) is 0.519. The van der Waals surface area contributed by atoms with Crippen LogP contribution in [-0.4, -0.2) is 67.0 Å². The van der Waals surface area contributed by atoms with Crippen molar-refractivity contribution in [1.82, 2.24) is 14.8 Å². The van der Waals surface area contributed by atoms with E-state index in [2.05, 4.69) is 16.9 Å². The number of carbonyl (C=O) groups excluding carboxylic acids is 1. The predicted octanol–water partition coefficient (Wildman–Crippen LogP) is 2.54. The molecular formula is C16H23F3N4OS. The van der Waals surface area contributed by atoms with Crippen LogP contribution in [0.1, 0.15) is 24.1 Å². The summed E-state index contributed by atoms with van der Waals surface area (Å²) in [6.07, 6.45) is -1.24. The van der Waals surface area contributed by atoms with Gasteiger partial charge in [0, 0.05) is 45.7 Å². The molecule has 0 N–H and O–H groups in total. The van der Waals surface area contributed by atoms with E-state index in [0.29, 0.717) is 41.9 Å². The summed E-state index contributed by atoms with van der Waals surface area (Å²) in [4.78, 5) is 21.7. The van der Waals surface area contributed by atoms with E-state index in [4.69, 9.17) is 0 Å². The van der Waals surface area contributed by atoms with Gasteiger partial charge in [0.25, 0.3) is 0 Å². The molecule has 2 aliphatic heterocycles. The van der Waals surface area contributed by atoms with Crippen LogP contribution in [0.2, 0.25) is 0 Å². The number of carbonyl (C=O) groups is 1. The molecule has 25 heavy (non-hydrogen) atoms. The van der Waals surface area contributed by atoms with Crippen molar-refractivity contribution in [3.63, 3.8) is 0 Å². The number of anilines is 1. The summed E-state index contributed by atoms with van der Waals surface area (Å²) in [7, 11) is 2.06. The largest absolute Gasteiger partial charge is 0.427 e. The maximum Gasteiger partial charge on any atom is 0.427 e. The number of piperidine rings is 1. The second-order valence-corrected chi connectivity index (χ2v) is 7.83. The Morgan fingerprint density at radius 3 is 2.40 bits per heavy atom. The van der Waals surface area contributed by atoms with E-state index in [1.165, 1.54) is 0 Å². The quantitative estimate of drug-likeness (QED) is 0.813. The minimum atomic E-state index is -4.33. The number of nitrogens with zero attached hydrogens (tertiary/aromatic N) is 4. The second kappa shape index (κ2) is 7.49. The van der Waals surface area contributed by atoms with Crippen molar-refractivity contribution in [3.05, 3.63) is 11.1 Å². The van der Waals surface area contributed by atoms with Gasteiger partial charge in [-0.1, -0.05) is 11.3 Å². The maximum absolute atomic E-state index is 12.7. The van der Waals surface area contributed by atoms with Gasteiger partial charge in [0.15, 0.2) is 5.13 Å². The second-order valence-electron chi connectivity index (χ2n) is 6.82. The van der Waals surface area contributed by atoms with Gasteiger partial charge in [-0.2, -0.15) is 13.2 Å². The molecule has 0 saturated carbocycles. The monoisotopic (exact) mass is 376 g/mol. The van der Waals surface area contributed by atoms with Gasteiger partial charge in [0.2, 0.25) is 5.91 Å². The number of hydrogen-bond acceptors (Lipinski definition) is 5. The molecule has 9 heteroatoms. The normalized spacial score (nSPS) is 21.0. The summed E-state index contributed by atoms with van der Waals surface area (Å²) in [6.45, 7) is 4.71. The summed E-state index contributed by atoms with van der Waals surface area (Å²) in [5, 5.41) is 0.427. The minimum absolute atomic E-state index is 0.208. The summed E-state index contributed by atoms with van der Waals surface area (Å²) < 4.78 is 38.0. The number of amides is 1. The Kier molecular flexibility index (Phi) is 5.52. The molecule has 3 heterocycles. The van der Waals surface area contributed by atoms with Gasteiger partial charge < -0.3 is 14.7 Å². The average Bonchev–Trinajstić information content (AvgIpc) is 3.06. The van der Waals surface area contributed by atoms with Gasteiger partial charge in [-0.25, -0.2) is 4.98 Å². The first-order valence-corrected chi connectivity index (χ1v) is 9.39. The van der Waals surface area contributed by atoms with Crippen LogP contribution >= 0.6 is 11.3 Å². The first kappa shape index (κ1) is 18.4. The Morgan fingerprint density at radius 2 is 1.84 bits per heavy atom. The zero-order valence-corrected chi connectivity index (χ0v) is 15.1. The zero-order valence-electron chi connectivity index (χ0n) is 14.3. The van der Waals surface area contributed by atoms with Crippen molar-refractivity contribution in [2.45, 2.75) is 25.4 Å². The van der Waals surface area contributed by atoms with Crippen LogP contribution in [0.3, 0.4) is 0 Å². The average molecular weight is 376 g/mol. The fourth-order valence-corrected chi connectivity index (χ4v) is 4.14. The van der Waals surface area contributed by atoms with Crippen molar-refractivity contribution in [3.8, 4) is 0 Å². The standard InChI is InChI=1S/C16H23F3N4OS/c1-21-6-8-22(9-7-21)14(24)10-12-2-4-23(5-3-12)15-20-11-13(25-15)16(17,18)19/h11-12H,2-10H2,1H3. The van der Waals surface area contributed by atoms with Crippen LogP contribution in [0.25, 0.3) is 0 Å². The predicted molar refractivity (Wildman–Crippen MR) is 90.7 cm³/mol. The van der Waals surface area contributed by atoms with Crippen LogP contribution in [0.5, 0.6) is 0 Å². The third-order valence-electron chi connectivity index (χ3n) is 4.98. The number of halogens is 3. The Balaban J connectivity index is 1.47. The van der Waals surface area contributed by atoms with E-state index >= 15 is 0 Å². The van der Waals surface area contributed by atoms with Crippen molar-refractivity contribution in [2.24, 2.45) is 5.92 Å². The molecule has 2 aliphatic rings. The molecule has 3 rings (SSSR count). The molecule has 0 bridgehead atoms. The fraction of sp³-hybridized carbons (Fsp3) is 0.750. The molecule has 2 saturated heterocycles. The highest BCUT2D eigenvalue weighted by Crippen LogP contribution is 2.37. The van der Waals surface area contributed by atoms with Crippen LogP contribution in [0.4, 0.5) is 18.3 Å². The first-order valence-electron chi connectivity index (χ1n) is 8.57. The number of alkyl halides is 3. The molecule has 0 unspecified atom stereocenters. The lowest BCUT2D eigenvalue weighted by molar-refractivity contribution is -0.135. The number of thiazole rings is 1. The molecule has 2 fully saturated rings. The molecule has 0 aliphatic carbocycles. The van der Waals surface area contributed by atoms with Crippen molar-refractivity contribution >= 4 is 22.4 Å². The summed E-state index contributed by atoms with van der Waals surface area (Å²) in [6, 6.07) is 0. The molecule has 1 aromatic rings. The van der Waals surface area contributed by atoms with E-state index in [0.717, 1.165) is 45.2 Å². The molecule has 0 atom stereocenters. The third kappa shape index (κ3) is 4.63. The summed E-state index contributed by atoms with van der Waals surface area (Å²) in [5.41, 5.74) is 0. The van der Waals surface area contributed by atoms with E-state index in [1.807, 2.05) is 9.80 Å². The minimum Gasteiger partial charge on any atom is -0.348 e. The third-order valence-corrected chi connectivity index (χ3v) is 6.08. The lowest BCUT2D eigenvalue weighted by atomic mass is 9.93. The lowest BCUT2D eigenvalue weighted by Crippen LogP contribution is -2.47. The Morgan fingerprint density at radius 1 is 1.20 bits per heavy atom. The number of hydrogen-bond donors (Lipinski definition) is 0. The topological polar surface area (TPSA) is 39.7 Å². The molecule has 0 aromatic carbocycles. The Bertz CT molecular complexity index is 590. The number of rotatable bonds is 3. The van der Waals surface area contributed by atoms with E-state index in [1.54, 1.807) is 0 Å². The Hall–Kier alpha value is -1.35. The highest BCUT2D eigenvalue weighted by Gasteiger charge is 2.34. The van der Waals surface area contributed by atoms with Gasteiger partial charge in [-0.15, -0.1) is 0 Å². The van der Waals surface area contributed by atoms with Gasteiger partial charge in [0.1, 0.15) is 4.88 Å². The maximum atomic E-state index is 12.7. The summed E-state index contributed by atoms with van der Waals surface area (Å²) >= 11 is 0.694. The van der Waals surface area contributed by atoms with Gasteiger partial charge >= 0.3 is 6.18 Å². The fourth-order valence-electron chi connectivity index (χ4n) is 3.30. The van der Waals surface area contributed by atoms with Crippen molar-refractivity contribution in [1.29, 1.82) is 0 Å². The van der Waals surface area contributed by atoms with Crippen LogP contribution in [0.15, 0.2) is 6.20 Å². The molecule has 0 spiro atoms. The van der Waals surface area contributed by atoms with Crippen LogP contribution < -0.4 is 4.90 Å². The molecule has 0 radical (unpaired) electrons. The van der Waals surface area contributed by atoms with E-state index in [-0.39, 0.29) is 5.91 Å². The molecule has 1 aromatic heterocycles. The van der Waals surface area contributed by atoms with Crippen molar-refractivity contribution < 1.29 is 18.0 Å².